The van der Waals surface area contributed by atoms with Crippen molar-refractivity contribution in [1.29, 1.82) is 0 Å². The van der Waals surface area contributed by atoms with Gasteiger partial charge in [-0.25, -0.2) is 4.79 Å². The van der Waals surface area contributed by atoms with Gasteiger partial charge < -0.3 is 11.3 Å². The third kappa shape index (κ3) is 5.16. The third-order valence-electron chi connectivity index (χ3n) is 2.94. The molecule has 0 aromatic heterocycles. The normalized spacial score (nSPS) is 13.7. The predicted octanol–water partition coefficient (Wildman–Crippen LogP) is -0.376. The molecule has 0 aliphatic rings. The number of alkyl halides is 3. The number of Topliss-reactive ketones (excluding diaryl/α,β-unsaturated/α-hetero) is 1. The summed E-state index contributed by atoms with van der Waals surface area (Å²) in [5, 5.41) is 9.96. The summed E-state index contributed by atoms with van der Waals surface area (Å²) in [5.74, 6) is -3.11. The van der Waals surface area contributed by atoms with Crippen molar-refractivity contribution in [3.05, 3.63) is 35.4 Å². The number of ether oxygens (including phenoxy) is 1. The van der Waals surface area contributed by atoms with Gasteiger partial charge in [-0.1, -0.05) is 19.1 Å². The molecule has 0 saturated carbocycles. The fourth-order valence-electron chi connectivity index (χ4n) is 1.69. The molecule has 4 nitrogen and oxygen atoms in total. The molecule has 0 bridgehead atoms. The summed E-state index contributed by atoms with van der Waals surface area (Å²) in [4.78, 5) is 22.9. The minimum absolute atomic E-state index is 0. The zero-order chi connectivity index (χ0) is 16.2. The summed E-state index contributed by atoms with van der Waals surface area (Å²) < 4.78 is 41.8. The first-order valence-corrected chi connectivity index (χ1v) is 6.24. The van der Waals surface area contributed by atoms with E-state index in [9.17, 15) is 27.9 Å². The molecule has 0 heterocycles. The smallest absolute Gasteiger partial charge is 1.00 e. The molecule has 0 aliphatic heterocycles. The van der Waals surface area contributed by atoms with Crippen LogP contribution in [0.4, 0.5) is 13.2 Å². The van der Waals surface area contributed by atoms with Gasteiger partial charge in [0.05, 0.1) is 24.2 Å². The molecule has 0 fully saturated rings. The van der Waals surface area contributed by atoms with Crippen LogP contribution in [-0.4, -0.2) is 23.5 Å². The molecular formula is C14H16F3LiO4. The maximum Gasteiger partial charge on any atom is 1.00 e. The number of esters is 1. The van der Waals surface area contributed by atoms with Gasteiger partial charge in [0.15, 0.2) is 0 Å². The summed E-state index contributed by atoms with van der Waals surface area (Å²) in [6.45, 7) is 2.86. The van der Waals surface area contributed by atoms with Crippen LogP contribution in [0, 0.1) is 5.92 Å². The first kappa shape index (κ1) is 20.7. The van der Waals surface area contributed by atoms with Gasteiger partial charge in [0.1, 0.15) is 0 Å². The molecule has 0 amide bonds. The van der Waals surface area contributed by atoms with Crippen LogP contribution < -0.4 is 18.9 Å². The Morgan fingerprint density at radius 3 is 2.18 bits per heavy atom. The molecule has 0 saturated heterocycles. The van der Waals surface area contributed by atoms with Crippen molar-refractivity contribution in [2.24, 2.45) is 5.92 Å². The summed E-state index contributed by atoms with van der Waals surface area (Å²) in [6, 6.07) is 3.76. The zero-order valence-corrected chi connectivity index (χ0v) is 12.5. The Morgan fingerprint density at radius 1 is 1.27 bits per heavy atom. The topological polar surface area (TPSA) is 63.6 Å². The summed E-state index contributed by atoms with van der Waals surface area (Å²) in [6.07, 6.45) is -5.86. The Bertz CT molecular complexity index is 520. The van der Waals surface area contributed by atoms with Crippen molar-refractivity contribution in [2.45, 2.75) is 26.1 Å². The van der Waals surface area contributed by atoms with E-state index >= 15 is 0 Å². The van der Waals surface area contributed by atoms with Crippen LogP contribution in [0.3, 0.4) is 0 Å². The standard InChI is InChI=1S/C14H15F3O4.Li.H/c1-3-21-13(20)12(19)8(2)11(18)9-4-6-10(7-5-9)14(15,16)17;;/h4-8,11,18H,3H2,1-2H3;;/q;+1;-1. The van der Waals surface area contributed by atoms with E-state index in [1.165, 1.54) is 13.8 Å². The van der Waals surface area contributed by atoms with Crippen molar-refractivity contribution in [1.82, 2.24) is 0 Å². The minimum atomic E-state index is -4.48. The Hall–Kier alpha value is -1.29. The quantitative estimate of drug-likeness (QED) is 0.457. The van der Waals surface area contributed by atoms with Crippen molar-refractivity contribution >= 4 is 11.8 Å². The fourth-order valence-corrected chi connectivity index (χ4v) is 1.69. The summed E-state index contributed by atoms with van der Waals surface area (Å²) in [5.41, 5.74) is -0.740. The maximum atomic E-state index is 12.4. The number of hydrogen-bond acceptors (Lipinski definition) is 4. The molecule has 0 spiro atoms. The Labute approximate surface area is 139 Å². The van der Waals surface area contributed by atoms with Crippen LogP contribution in [0.15, 0.2) is 24.3 Å². The second kappa shape index (κ2) is 8.37. The number of ketones is 1. The average Bonchev–Trinajstić information content (AvgIpc) is 2.44. The van der Waals surface area contributed by atoms with Crippen LogP contribution in [0.1, 0.15) is 32.5 Å². The van der Waals surface area contributed by atoms with Crippen LogP contribution in [-0.2, 0) is 20.5 Å². The number of halogens is 3. The van der Waals surface area contributed by atoms with E-state index in [1.807, 2.05) is 0 Å². The summed E-state index contributed by atoms with van der Waals surface area (Å²) in [7, 11) is 0. The van der Waals surface area contributed by atoms with Crippen LogP contribution >= 0.6 is 0 Å². The second-order valence-corrected chi connectivity index (χ2v) is 4.44. The first-order chi connectivity index (χ1) is 9.68. The first-order valence-electron chi connectivity index (χ1n) is 6.24. The van der Waals surface area contributed by atoms with Crippen molar-refractivity contribution in [2.75, 3.05) is 6.61 Å². The van der Waals surface area contributed by atoms with E-state index in [4.69, 9.17) is 0 Å². The van der Waals surface area contributed by atoms with E-state index in [2.05, 4.69) is 4.74 Å². The number of rotatable bonds is 5. The van der Waals surface area contributed by atoms with Gasteiger partial charge in [0.2, 0.25) is 5.78 Å². The minimum Gasteiger partial charge on any atom is -1.00 e. The number of carbonyl (C=O) groups excluding carboxylic acids is 2. The summed E-state index contributed by atoms with van der Waals surface area (Å²) >= 11 is 0. The molecule has 1 aromatic carbocycles. The number of aliphatic hydroxyl groups is 1. The number of benzene rings is 1. The molecule has 0 radical (unpaired) electrons. The van der Waals surface area contributed by atoms with Gasteiger partial charge in [-0.15, -0.1) is 0 Å². The number of carbonyl (C=O) groups is 2. The Kier molecular flexibility index (Phi) is 7.88. The monoisotopic (exact) mass is 312 g/mol. The molecule has 118 valence electrons. The molecule has 22 heavy (non-hydrogen) atoms. The maximum absolute atomic E-state index is 12.4. The van der Waals surface area contributed by atoms with Gasteiger partial charge in [-0.05, 0) is 24.6 Å². The van der Waals surface area contributed by atoms with Crippen molar-refractivity contribution < 1.29 is 52.9 Å². The molecule has 2 unspecified atom stereocenters. The number of hydrogen-bond donors (Lipinski definition) is 1. The van der Waals surface area contributed by atoms with E-state index in [1.54, 1.807) is 0 Å². The van der Waals surface area contributed by atoms with Crippen LogP contribution in [0.2, 0.25) is 0 Å². The Balaban J connectivity index is 0. The van der Waals surface area contributed by atoms with Crippen LogP contribution in [0.5, 0.6) is 0 Å². The molecule has 1 N–H and O–H groups in total. The molecule has 8 heteroatoms. The predicted molar refractivity (Wildman–Crippen MR) is 68.3 cm³/mol. The SMILES string of the molecule is CCOC(=O)C(=O)C(C)C(O)c1ccc(C(F)(F)F)cc1.[H-].[Li+]. The van der Waals surface area contributed by atoms with Gasteiger partial charge in [0.25, 0.3) is 0 Å². The molecule has 1 rings (SSSR count). The van der Waals surface area contributed by atoms with E-state index in [0.29, 0.717) is 0 Å². The second-order valence-electron chi connectivity index (χ2n) is 4.44. The Morgan fingerprint density at radius 2 is 1.77 bits per heavy atom. The molecular weight excluding hydrogens is 296 g/mol. The molecule has 1 aromatic rings. The zero-order valence-electron chi connectivity index (χ0n) is 13.5. The van der Waals surface area contributed by atoms with Crippen molar-refractivity contribution in [3.8, 4) is 0 Å². The van der Waals surface area contributed by atoms with Crippen LogP contribution in [0.25, 0.3) is 0 Å². The van der Waals surface area contributed by atoms with Crippen molar-refractivity contribution in [3.63, 3.8) is 0 Å². The molecule has 2 atom stereocenters. The van der Waals surface area contributed by atoms with Gasteiger partial charge >= 0.3 is 31.0 Å². The van der Waals surface area contributed by atoms with E-state index < -0.39 is 35.5 Å². The third-order valence-corrected chi connectivity index (χ3v) is 2.94. The van der Waals surface area contributed by atoms with Gasteiger partial charge in [0, 0.05) is 0 Å². The van der Waals surface area contributed by atoms with E-state index in [0.717, 1.165) is 24.3 Å². The van der Waals surface area contributed by atoms with Gasteiger partial charge in [-0.3, -0.25) is 4.79 Å². The fraction of sp³-hybridized carbons (Fsp3) is 0.429. The largest absolute Gasteiger partial charge is 1.00 e. The average molecular weight is 312 g/mol. The van der Waals surface area contributed by atoms with E-state index in [-0.39, 0.29) is 32.5 Å². The molecule has 0 aliphatic carbocycles. The van der Waals surface area contributed by atoms with Gasteiger partial charge in [-0.2, -0.15) is 13.2 Å². The number of aliphatic hydroxyl groups excluding tert-OH is 1.